The average molecular weight is 916 g/mol. The van der Waals surface area contributed by atoms with Crippen LogP contribution >= 0.6 is 9.53 Å². The van der Waals surface area contributed by atoms with Crippen LogP contribution in [0.1, 0.15) is 11.1 Å². The fourth-order valence-electron chi connectivity index (χ4n) is 7.80. The number of para-hydroxylation sites is 4. The summed E-state index contributed by atoms with van der Waals surface area (Å²) in [6, 6.07) is 50.7. The summed E-state index contributed by atoms with van der Waals surface area (Å²) in [5, 5.41) is 3.82. The van der Waals surface area contributed by atoms with E-state index in [1.807, 2.05) is 119 Å². The van der Waals surface area contributed by atoms with E-state index >= 15 is 0 Å². The molecule has 0 saturated heterocycles. The van der Waals surface area contributed by atoms with Gasteiger partial charge in [0.05, 0.1) is 39.7 Å². The summed E-state index contributed by atoms with van der Waals surface area (Å²) in [6.07, 6.45) is -8.98. The van der Waals surface area contributed by atoms with Gasteiger partial charge in [-0.25, -0.2) is 0 Å². The van der Waals surface area contributed by atoms with Crippen molar-refractivity contribution >= 4 is 76.6 Å². The summed E-state index contributed by atoms with van der Waals surface area (Å²) >= 11 is 2.22. The van der Waals surface area contributed by atoms with Crippen LogP contribution in [0.5, 0.6) is 0 Å². The monoisotopic (exact) mass is 914 g/mol. The first-order valence-corrected chi connectivity index (χ1v) is 20.4. The zero-order valence-electron chi connectivity index (χ0n) is 30.8. The standard InChI is InChI=1S/C48H27F6N4.ClH.Pd/c49-47(50,51)33-19-23-35(24-20-33)55-29-57(41-15-7-5-13-39(41)55)43-27-17-31-9-1-3-11-37(31)45(43)46-38-12-4-2-10-32(38)18-28-44(46)58-30-56(40-14-6-8-16-42(40)58)36-25-21-34(22-26-36)48(52,53)54;;/h1-25,27-28H;1H;/q-1;;+2/p-1. The third-order valence-corrected chi connectivity index (χ3v) is 10.5. The number of alkyl halides is 6. The SMILES string of the molecule is FC(F)(F)c1c[c-]c(N2[C]N(c3ccc4ccccc4c3-c3c(N4[C]N(c5ccc(C(F)(F)F)cc5)c5ccccc54)ccc4ccccc34)c3ccccc32)cc1.[Cl][Pd+]. The van der Waals surface area contributed by atoms with Crippen molar-refractivity contribution in [2.24, 2.45) is 0 Å². The maximum absolute atomic E-state index is 13.6. The van der Waals surface area contributed by atoms with Crippen molar-refractivity contribution in [3.05, 3.63) is 194 Å². The Kier molecular flexibility index (Phi) is 10.2. The van der Waals surface area contributed by atoms with Crippen LogP contribution < -0.4 is 19.6 Å². The third-order valence-electron chi connectivity index (χ3n) is 10.5. The van der Waals surface area contributed by atoms with Crippen LogP contribution in [0.15, 0.2) is 164 Å². The van der Waals surface area contributed by atoms with E-state index in [0.29, 0.717) is 17.1 Å². The molecule has 0 fully saturated rings. The van der Waals surface area contributed by atoms with Gasteiger partial charge in [-0.1, -0.05) is 96.2 Å². The van der Waals surface area contributed by atoms with Gasteiger partial charge in [-0.3, -0.25) is 0 Å². The van der Waals surface area contributed by atoms with Crippen molar-refractivity contribution in [2.45, 2.75) is 12.4 Å². The molecule has 60 heavy (non-hydrogen) atoms. The van der Waals surface area contributed by atoms with Crippen molar-refractivity contribution in [1.82, 2.24) is 0 Å². The molecule has 2 aliphatic rings. The second-order valence-corrected chi connectivity index (χ2v) is 13.9. The Balaban J connectivity index is 0.00000228. The average Bonchev–Trinajstić information content (AvgIpc) is 3.85. The van der Waals surface area contributed by atoms with Crippen molar-refractivity contribution in [3.63, 3.8) is 0 Å². The first kappa shape index (κ1) is 39.5. The minimum atomic E-state index is -4.51. The summed E-state index contributed by atoms with van der Waals surface area (Å²) in [5.41, 5.74) is 5.56. The van der Waals surface area contributed by atoms with Gasteiger partial charge in [0.2, 0.25) is 13.3 Å². The van der Waals surface area contributed by atoms with E-state index in [0.717, 1.165) is 85.4 Å². The predicted molar refractivity (Wildman–Crippen MR) is 222 cm³/mol. The topological polar surface area (TPSA) is 13.0 Å². The molecular formula is C48H27ClF6N4Pd. The molecule has 10 rings (SSSR count). The molecule has 0 amide bonds. The zero-order chi connectivity index (χ0) is 41.8. The molecule has 8 aromatic carbocycles. The van der Waals surface area contributed by atoms with E-state index in [4.69, 9.17) is 0 Å². The molecule has 12 heteroatoms. The van der Waals surface area contributed by atoms with Crippen LogP contribution in [0.4, 0.5) is 71.8 Å². The van der Waals surface area contributed by atoms with Gasteiger partial charge in [-0.2, -0.15) is 44.5 Å². The number of hydrogen-bond acceptors (Lipinski definition) is 4. The van der Waals surface area contributed by atoms with Crippen molar-refractivity contribution in [1.29, 1.82) is 0 Å². The van der Waals surface area contributed by atoms with E-state index in [1.54, 1.807) is 9.80 Å². The predicted octanol–water partition coefficient (Wildman–Crippen LogP) is 14.8. The Hall–Kier alpha value is -5.99. The summed E-state index contributed by atoms with van der Waals surface area (Å²) < 4.78 is 81.3. The first-order chi connectivity index (χ1) is 29.0. The summed E-state index contributed by atoms with van der Waals surface area (Å²) in [7, 11) is 4.49. The minimum absolute atomic E-state index is 0.386. The van der Waals surface area contributed by atoms with E-state index in [1.165, 1.54) is 18.2 Å². The normalized spacial score (nSPS) is 13.8. The van der Waals surface area contributed by atoms with Gasteiger partial charge in [0.1, 0.15) is 0 Å². The van der Waals surface area contributed by atoms with Crippen LogP contribution in [-0.4, -0.2) is 0 Å². The molecule has 0 aromatic heterocycles. The quantitative estimate of drug-likeness (QED) is 0.0969. The van der Waals surface area contributed by atoms with Gasteiger partial charge in [0.25, 0.3) is 0 Å². The number of anilines is 8. The number of fused-ring (bicyclic) bond motifs is 4. The van der Waals surface area contributed by atoms with E-state index < -0.39 is 23.5 Å². The summed E-state index contributed by atoms with van der Waals surface area (Å²) in [4.78, 5) is 7.33. The van der Waals surface area contributed by atoms with E-state index in [-0.39, 0.29) is 0 Å². The molecule has 2 heterocycles. The number of rotatable bonds is 5. The second kappa shape index (κ2) is 15.6. The fraction of sp³-hybridized carbons (Fsp3) is 0.0417. The molecule has 0 bridgehead atoms. The van der Waals surface area contributed by atoms with Crippen LogP contribution in [0, 0.1) is 19.4 Å². The Morgan fingerprint density at radius 3 is 1.30 bits per heavy atom. The van der Waals surface area contributed by atoms with Crippen molar-refractivity contribution < 1.29 is 44.5 Å². The number of halogens is 7. The second-order valence-electron chi connectivity index (χ2n) is 13.9. The molecule has 4 radical (unpaired) electrons. The molecule has 298 valence electrons. The number of hydrogen-bond donors (Lipinski definition) is 0. The van der Waals surface area contributed by atoms with E-state index in [2.05, 4.69) is 59.2 Å². The van der Waals surface area contributed by atoms with Crippen molar-refractivity contribution in [3.8, 4) is 11.1 Å². The molecule has 0 aliphatic carbocycles. The third kappa shape index (κ3) is 6.90. The summed E-state index contributed by atoms with van der Waals surface area (Å²) in [6.45, 7) is 6.94. The van der Waals surface area contributed by atoms with Crippen molar-refractivity contribution in [2.75, 3.05) is 19.6 Å². The zero-order valence-corrected chi connectivity index (χ0v) is 33.1. The van der Waals surface area contributed by atoms with Gasteiger partial charge in [-0.05, 0) is 82.2 Å². The van der Waals surface area contributed by atoms with Gasteiger partial charge in [-0.15, -0.1) is 6.07 Å². The molecule has 0 N–H and O–H groups in total. The van der Waals surface area contributed by atoms with Gasteiger partial charge in [0.15, 0.2) is 0 Å². The van der Waals surface area contributed by atoms with Gasteiger partial charge < -0.3 is 19.6 Å². The maximum atomic E-state index is 13.6. The first-order valence-electron chi connectivity index (χ1n) is 18.4. The van der Waals surface area contributed by atoms with Crippen LogP contribution in [0.3, 0.4) is 0 Å². The van der Waals surface area contributed by atoms with Crippen LogP contribution in [-0.2, 0) is 30.5 Å². The molecule has 0 unspecified atom stereocenters. The fourth-order valence-corrected chi connectivity index (χ4v) is 7.80. The Morgan fingerprint density at radius 1 is 0.417 bits per heavy atom. The Labute approximate surface area is 356 Å². The Morgan fingerprint density at radius 2 is 0.833 bits per heavy atom. The molecule has 2 aliphatic heterocycles. The number of nitrogens with zero attached hydrogens (tertiary/aromatic N) is 4. The molecule has 4 nitrogen and oxygen atoms in total. The summed E-state index contributed by atoms with van der Waals surface area (Å²) in [5.74, 6) is 0. The molecule has 0 saturated carbocycles. The molecule has 8 aromatic rings. The van der Waals surface area contributed by atoms with Crippen LogP contribution in [0.25, 0.3) is 32.7 Å². The van der Waals surface area contributed by atoms with E-state index in [9.17, 15) is 26.3 Å². The number of benzene rings is 8. The van der Waals surface area contributed by atoms with Gasteiger partial charge >= 0.3 is 40.1 Å². The molecule has 0 atom stereocenters. The van der Waals surface area contributed by atoms with Crippen LogP contribution in [0.2, 0.25) is 0 Å². The Bertz CT molecular complexity index is 2670. The molecule has 0 spiro atoms. The molecular weight excluding hydrogens is 888 g/mol. The van der Waals surface area contributed by atoms with Gasteiger partial charge in [0, 0.05) is 16.8 Å².